The quantitative estimate of drug-likeness (QED) is 0.328. The van der Waals surface area contributed by atoms with Crippen LogP contribution in [0, 0.1) is 5.82 Å². The van der Waals surface area contributed by atoms with Gasteiger partial charge in [-0.2, -0.15) is 5.10 Å². The Morgan fingerprint density at radius 1 is 0.939 bits per heavy atom. The third-order valence-electron chi connectivity index (χ3n) is 4.67. The molecule has 9 heteroatoms. The Hall–Kier alpha value is -4.40. The molecule has 0 fully saturated rings. The average Bonchev–Trinajstić information content (AvgIpc) is 3.31. The predicted molar refractivity (Wildman–Crippen MR) is 117 cm³/mol. The number of carbonyl (C=O) groups is 2. The summed E-state index contributed by atoms with van der Waals surface area (Å²) >= 11 is 0. The zero-order valence-corrected chi connectivity index (χ0v) is 17.4. The lowest BCUT2D eigenvalue weighted by atomic mass is 10.2. The number of benzene rings is 3. The molecule has 0 spiro atoms. The highest BCUT2D eigenvalue weighted by molar-refractivity contribution is 6.35. The van der Waals surface area contributed by atoms with E-state index in [-0.39, 0.29) is 19.2 Å². The van der Waals surface area contributed by atoms with E-state index in [1.54, 1.807) is 54.6 Å². The summed E-state index contributed by atoms with van der Waals surface area (Å²) in [5.41, 5.74) is 4.50. The molecule has 0 radical (unpaired) electrons. The van der Waals surface area contributed by atoms with Crippen molar-refractivity contribution in [2.75, 3.05) is 6.79 Å². The maximum absolute atomic E-state index is 12.9. The summed E-state index contributed by atoms with van der Waals surface area (Å²) < 4.78 is 29.1. The topological polar surface area (TPSA) is 98.2 Å². The van der Waals surface area contributed by atoms with Crippen LogP contribution in [0.25, 0.3) is 0 Å². The number of amides is 2. The van der Waals surface area contributed by atoms with Crippen molar-refractivity contribution in [2.24, 2.45) is 5.10 Å². The van der Waals surface area contributed by atoms with Gasteiger partial charge in [0, 0.05) is 6.54 Å². The normalized spacial score (nSPS) is 11.9. The van der Waals surface area contributed by atoms with Crippen molar-refractivity contribution in [1.82, 2.24) is 10.7 Å². The Balaban J connectivity index is 1.20. The fraction of sp³-hybridized carbons (Fsp3) is 0.125. The van der Waals surface area contributed by atoms with Gasteiger partial charge in [-0.3, -0.25) is 9.59 Å². The first-order valence-corrected chi connectivity index (χ1v) is 10.0. The van der Waals surface area contributed by atoms with Crippen LogP contribution in [0.15, 0.2) is 71.8 Å². The van der Waals surface area contributed by atoms with E-state index in [2.05, 4.69) is 15.8 Å². The molecule has 33 heavy (non-hydrogen) atoms. The zero-order chi connectivity index (χ0) is 23.0. The lowest BCUT2D eigenvalue weighted by molar-refractivity contribution is -0.139. The number of hydrogen-bond donors (Lipinski definition) is 2. The number of nitrogens with zero attached hydrogens (tertiary/aromatic N) is 1. The van der Waals surface area contributed by atoms with Crippen LogP contribution in [0.5, 0.6) is 17.2 Å². The number of hydrazone groups is 1. The van der Waals surface area contributed by atoms with Crippen LogP contribution in [0.1, 0.15) is 16.7 Å². The van der Waals surface area contributed by atoms with E-state index < -0.39 is 11.8 Å². The molecule has 2 amide bonds. The van der Waals surface area contributed by atoms with Gasteiger partial charge in [0.15, 0.2) is 11.5 Å². The van der Waals surface area contributed by atoms with Gasteiger partial charge in [0.05, 0.1) is 6.21 Å². The Morgan fingerprint density at radius 3 is 2.45 bits per heavy atom. The van der Waals surface area contributed by atoms with E-state index >= 15 is 0 Å². The maximum atomic E-state index is 12.9. The van der Waals surface area contributed by atoms with Crippen LogP contribution in [0.2, 0.25) is 0 Å². The van der Waals surface area contributed by atoms with Gasteiger partial charge in [0.1, 0.15) is 18.2 Å². The van der Waals surface area contributed by atoms with Crippen LogP contribution in [0.4, 0.5) is 4.39 Å². The largest absolute Gasteiger partial charge is 0.489 e. The number of carbonyl (C=O) groups excluding carboxylic acids is 2. The summed E-state index contributed by atoms with van der Waals surface area (Å²) in [5.74, 6) is -0.118. The monoisotopic (exact) mass is 449 g/mol. The number of ether oxygens (including phenoxy) is 3. The molecule has 0 aromatic heterocycles. The number of nitrogens with one attached hydrogen (secondary N) is 2. The summed E-state index contributed by atoms with van der Waals surface area (Å²) in [6, 6.07) is 18.3. The van der Waals surface area contributed by atoms with Crippen molar-refractivity contribution in [3.8, 4) is 17.2 Å². The van der Waals surface area contributed by atoms with E-state index in [1.807, 2.05) is 0 Å². The van der Waals surface area contributed by atoms with E-state index in [0.717, 1.165) is 11.1 Å². The smallest absolute Gasteiger partial charge is 0.329 e. The molecule has 0 unspecified atom stereocenters. The van der Waals surface area contributed by atoms with Gasteiger partial charge >= 0.3 is 11.8 Å². The van der Waals surface area contributed by atoms with Crippen LogP contribution < -0.4 is 25.0 Å². The molecule has 1 heterocycles. The van der Waals surface area contributed by atoms with Gasteiger partial charge in [-0.25, -0.2) is 9.82 Å². The van der Waals surface area contributed by atoms with E-state index in [0.29, 0.717) is 29.4 Å². The van der Waals surface area contributed by atoms with Gasteiger partial charge in [-0.1, -0.05) is 18.2 Å². The minimum absolute atomic E-state index is 0.159. The molecule has 4 rings (SSSR count). The summed E-state index contributed by atoms with van der Waals surface area (Å²) in [4.78, 5) is 23.9. The SMILES string of the molecule is O=C(NCc1ccc2c(c1)OCO2)C(=O)N/N=C\c1ccc(OCc2ccc(F)cc2)cc1. The number of rotatable bonds is 7. The molecule has 168 valence electrons. The van der Waals surface area contributed by atoms with Gasteiger partial charge < -0.3 is 19.5 Å². The molecule has 1 aliphatic heterocycles. The Labute approximate surface area is 189 Å². The van der Waals surface area contributed by atoms with Crippen LogP contribution in [-0.4, -0.2) is 24.8 Å². The van der Waals surface area contributed by atoms with Crippen molar-refractivity contribution in [3.05, 3.63) is 89.2 Å². The van der Waals surface area contributed by atoms with Gasteiger partial charge in [0.2, 0.25) is 6.79 Å². The molecule has 0 atom stereocenters. The minimum atomic E-state index is -0.883. The van der Waals surface area contributed by atoms with Crippen LogP contribution in [-0.2, 0) is 22.7 Å². The minimum Gasteiger partial charge on any atom is -0.489 e. The van der Waals surface area contributed by atoms with Crippen LogP contribution >= 0.6 is 0 Å². The Kier molecular flexibility index (Phi) is 6.79. The highest BCUT2D eigenvalue weighted by Gasteiger charge is 2.15. The second kappa shape index (κ2) is 10.3. The molecular weight excluding hydrogens is 429 g/mol. The lowest BCUT2D eigenvalue weighted by Crippen LogP contribution is -2.37. The first-order chi connectivity index (χ1) is 16.1. The standard InChI is InChI=1S/C24H20FN3O5/c25-19-6-1-17(2-7-19)14-31-20-8-3-16(4-9-20)13-27-28-24(30)23(29)26-12-18-5-10-21-22(11-18)33-15-32-21/h1-11,13H,12,14-15H2,(H,26,29)(H,28,30)/b27-13-. The van der Waals surface area contributed by atoms with E-state index in [1.165, 1.54) is 18.3 Å². The molecule has 0 bridgehead atoms. The molecule has 0 saturated heterocycles. The predicted octanol–water partition coefficient (Wildman–Crippen LogP) is 2.90. The number of hydrogen-bond acceptors (Lipinski definition) is 6. The molecule has 2 N–H and O–H groups in total. The molecule has 3 aromatic rings. The highest BCUT2D eigenvalue weighted by Crippen LogP contribution is 2.32. The van der Waals surface area contributed by atoms with Crippen molar-refractivity contribution in [3.63, 3.8) is 0 Å². The molecule has 1 aliphatic rings. The maximum Gasteiger partial charge on any atom is 0.329 e. The summed E-state index contributed by atoms with van der Waals surface area (Å²) in [6.07, 6.45) is 1.41. The van der Waals surface area contributed by atoms with Gasteiger partial charge in [-0.05, 0) is 65.2 Å². The third kappa shape index (κ3) is 6.07. The second-order valence-electron chi connectivity index (χ2n) is 7.05. The fourth-order valence-electron chi connectivity index (χ4n) is 2.93. The fourth-order valence-corrected chi connectivity index (χ4v) is 2.93. The van der Waals surface area contributed by atoms with Crippen molar-refractivity contribution in [1.29, 1.82) is 0 Å². The Bertz CT molecular complexity index is 1160. The molecule has 3 aromatic carbocycles. The first-order valence-electron chi connectivity index (χ1n) is 10.0. The Morgan fingerprint density at radius 2 is 1.67 bits per heavy atom. The summed E-state index contributed by atoms with van der Waals surface area (Å²) in [5, 5.41) is 6.32. The molecule has 0 saturated carbocycles. The first kappa shape index (κ1) is 21.8. The lowest BCUT2D eigenvalue weighted by Gasteiger charge is -2.06. The number of fused-ring (bicyclic) bond motifs is 1. The van der Waals surface area contributed by atoms with Gasteiger partial charge in [0.25, 0.3) is 0 Å². The molecule has 8 nitrogen and oxygen atoms in total. The summed E-state index contributed by atoms with van der Waals surface area (Å²) in [6.45, 7) is 0.633. The van der Waals surface area contributed by atoms with Crippen molar-refractivity contribution in [2.45, 2.75) is 13.2 Å². The number of halogens is 1. The van der Waals surface area contributed by atoms with Crippen molar-refractivity contribution >= 4 is 18.0 Å². The average molecular weight is 449 g/mol. The van der Waals surface area contributed by atoms with Gasteiger partial charge in [-0.15, -0.1) is 0 Å². The third-order valence-corrected chi connectivity index (χ3v) is 4.67. The molecule has 0 aliphatic carbocycles. The van der Waals surface area contributed by atoms with Crippen molar-refractivity contribution < 1.29 is 28.2 Å². The van der Waals surface area contributed by atoms with E-state index in [9.17, 15) is 14.0 Å². The molecular formula is C24H20FN3O5. The van der Waals surface area contributed by atoms with Crippen LogP contribution in [0.3, 0.4) is 0 Å². The highest BCUT2D eigenvalue weighted by atomic mass is 19.1. The van der Waals surface area contributed by atoms with E-state index in [4.69, 9.17) is 14.2 Å². The summed E-state index contributed by atoms with van der Waals surface area (Å²) in [7, 11) is 0. The zero-order valence-electron chi connectivity index (χ0n) is 17.4. The second-order valence-corrected chi connectivity index (χ2v) is 7.05.